The Morgan fingerprint density at radius 2 is 2.19 bits per heavy atom. The van der Waals surface area contributed by atoms with E-state index in [4.69, 9.17) is 0 Å². The van der Waals surface area contributed by atoms with Gasteiger partial charge in [0.25, 0.3) is 0 Å². The van der Waals surface area contributed by atoms with Gasteiger partial charge in [-0.15, -0.1) is 0 Å². The Morgan fingerprint density at radius 1 is 1.48 bits per heavy atom. The number of nitrogens with zero attached hydrogens (tertiary/aromatic N) is 3. The van der Waals surface area contributed by atoms with Gasteiger partial charge in [0.2, 0.25) is 5.82 Å². The second-order valence-electron chi connectivity index (χ2n) is 6.00. The molecule has 1 aromatic rings. The molecule has 6 nitrogen and oxygen atoms in total. The fraction of sp³-hybridized carbons (Fsp3) is 0.667. The fourth-order valence-electron chi connectivity index (χ4n) is 2.33. The Hall–Kier alpha value is -1.85. The van der Waals surface area contributed by atoms with Crippen LogP contribution in [0.15, 0.2) is 12.1 Å². The van der Waals surface area contributed by atoms with E-state index >= 15 is 0 Å². The lowest BCUT2D eigenvalue weighted by Crippen LogP contribution is -2.31. The van der Waals surface area contributed by atoms with Crippen molar-refractivity contribution < 1.29 is 4.92 Å². The van der Waals surface area contributed by atoms with Gasteiger partial charge in [0, 0.05) is 25.2 Å². The Labute approximate surface area is 125 Å². The van der Waals surface area contributed by atoms with Crippen molar-refractivity contribution in [3.8, 4) is 0 Å². The van der Waals surface area contributed by atoms with Crippen molar-refractivity contribution in [2.24, 2.45) is 5.92 Å². The maximum atomic E-state index is 11.3. The third-order valence-corrected chi connectivity index (χ3v) is 3.43. The van der Waals surface area contributed by atoms with Crippen molar-refractivity contribution in [1.29, 1.82) is 0 Å². The van der Waals surface area contributed by atoms with Crippen LogP contribution in [-0.4, -0.2) is 29.0 Å². The van der Waals surface area contributed by atoms with Crippen molar-refractivity contribution >= 4 is 17.3 Å². The number of hydrogen-bond acceptors (Lipinski definition) is 5. The summed E-state index contributed by atoms with van der Waals surface area (Å²) in [6.07, 6.45) is 3.18. The molecule has 21 heavy (non-hydrogen) atoms. The smallest absolute Gasteiger partial charge is 0.311 e. The first-order valence-corrected chi connectivity index (χ1v) is 7.68. The van der Waals surface area contributed by atoms with Crippen LogP contribution in [0, 0.1) is 16.0 Å². The Kier molecular flexibility index (Phi) is 4.98. The highest BCUT2D eigenvalue weighted by Gasteiger charge is 2.34. The molecule has 1 aromatic heterocycles. The lowest BCUT2D eigenvalue weighted by atomic mass is 10.2. The van der Waals surface area contributed by atoms with Gasteiger partial charge in [0.05, 0.1) is 4.92 Å². The lowest BCUT2D eigenvalue weighted by molar-refractivity contribution is -0.384. The summed E-state index contributed by atoms with van der Waals surface area (Å²) in [5.41, 5.74) is 0.101. The first kappa shape index (κ1) is 15.5. The minimum atomic E-state index is -0.332. The monoisotopic (exact) mass is 292 g/mol. The zero-order chi connectivity index (χ0) is 15.4. The molecule has 0 aliphatic heterocycles. The molecule has 1 aliphatic carbocycles. The van der Waals surface area contributed by atoms with E-state index in [2.05, 4.69) is 36.0 Å². The van der Waals surface area contributed by atoms with Gasteiger partial charge >= 0.3 is 5.69 Å². The number of aromatic nitrogens is 1. The van der Waals surface area contributed by atoms with E-state index < -0.39 is 0 Å². The molecule has 6 heteroatoms. The summed E-state index contributed by atoms with van der Waals surface area (Å²) in [6, 6.07) is 3.66. The van der Waals surface area contributed by atoms with E-state index in [1.165, 1.54) is 0 Å². The van der Waals surface area contributed by atoms with Crippen molar-refractivity contribution in [3.05, 3.63) is 22.2 Å². The predicted octanol–water partition coefficient (Wildman–Crippen LogP) is 3.44. The molecule has 1 N–H and O–H groups in total. The first-order valence-electron chi connectivity index (χ1n) is 7.68. The van der Waals surface area contributed by atoms with Crippen LogP contribution in [0.2, 0.25) is 0 Å². The molecule has 0 amide bonds. The molecule has 0 bridgehead atoms. The van der Waals surface area contributed by atoms with Crippen molar-refractivity contribution in [2.45, 2.75) is 46.1 Å². The molecule has 0 unspecified atom stereocenters. The Bertz CT molecular complexity index is 500. The standard InChI is InChI=1S/C15H24N4O2/c1-4-9-16-14-8-7-13(19(20)21)15(17-14)18(10-11(2)3)12-5-6-12/h7-8,11-12H,4-6,9-10H2,1-3H3,(H,16,17). The number of anilines is 2. The van der Waals surface area contributed by atoms with Gasteiger partial charge in [-0.3, -0.25) is 10.1 Å². The molecule has 0 spiro atoms. The maximum absolute atomic E-state index is 11.3. The second kappa shape index (κ2) is 6.74. The summed E-state index contributed by atoms with van der Waals surface area (Å²) in [5.74, 6) is 1.67. The molecule has 0 aromatic carbocycles. The lowest BCUT2D eigenvalue weighted by Gasteiger charge is -2.25. The van der Waals surface area contributed by atoms with Gasteiger partial charge in [0.1, 0.15) is 5.82 Å². The van der Waals surface area contributed by atoms with E-state index in [-0.39, 0.29) is 10.6 Å². The van der Waals surface area contributed by atoms with E-state index in [0.29, 0.717) is 23.6 Å². The van der Waals surface area contributed by atoms with Crippen LogP contribution in [0.25, 0.3) is 0 Å². The molecule has 1 saturated carbocycles. The molecular formula is C15H24N4O2. The Morgan fingerprint density at radius 3 is 2.71 bits per heavy atom. The largest absolute Gasteiger partial charge is 0.370 e. The van der Waals surface area contributed by atoms with Crippen molar-refractivity contribution in [1.82, 2.24) is 4.98 Å². The summed E-state index contributed by atoms with van der Waals surface area (Å²) in [7, 11) is 0. The number of nitrogens with one attached hydrogen (secondary N) is 1. The minimum absolute atomic E-state index is 0.101. The molecule has 116 valence electrons. The fourth-order valence-corrected chi connectivity index (χ4v) is 2.33. The van der Waals surface area contributed by atoms with E-state index in [1.807, 2.05) is 0 Å². The van der Waals surface area contributed by atoms with Gasteiger partial charge in [-0.2, -0.15) is 0 Å². The van der Waals surface area contributed by atoms with Gasteiger partial charge in [0.15, 0.2) is 0 Å². The summed E-state index contributed by atoms with van der Waals surface area (Å²) >= 11 is 0. The highest BCUT2D eigenvalue weighted by atomic mass is 16.6. The zero-order valence-corrected chi connectivity index (χ0v) is 13.0. The summed E-state index contributed by atoms with van der Waals surface area (Å²) in [4.78, 5) is 17.6. The van der Waals surface area contributed by atoms with Gasteiger partial charge < -0.3 is 10.2 Å². The number of nitro groups is 1. The Balaban J connectivity index is 2.33. The van der Waals surface area contributed by atoms with Gasteiger partial charge in [-0.25, -0.2) is 4.98 Å². The number of rotatable bonds is 8. The van der Waals surface area contributed by atoms with Crippen LogP contribution < -0.4 is 10.2 Å². The van der Waals surface area contributed by atoms with Crippen molar-refractivity contribution in [2.75, 3.05) is 23.3 Å². The quantitative estimate of drug-likeness (QED) is 0.587. The summed E-state index contributed by atoms with van der Waals surface area (Å²) in [5, 5.41) is 14.5. The van der Waals surface area contributed by atoms with E-state index in [1.54, 1.807) is 12.1 Å². The molecule has 0 atom stereocenters. The normalized spacial score (nSPS) is 14.3. The summed E-state index contributed by atoms with van der Waals surface area (Å²) in [6.45, 7) is 7.95. The molecule has 1 aliphatic rings. The predicted molar refractivity (Wildman–Crippen MR) is 84.9 cm³/mol. The van der Waals surface area contributed by atoms with Crippen molar-refractivity contribution in [3.63, 3.8) is 0 Å². The van der Waals surface area contributed by atoms with E-state index in [0.717, 1.165) is 32.4 Å². The van der Waals surface area contributed by atoms with Crippen LogP contribution in [0.4, 0.5) is 17.3 Å². The second-order valence-corrected chi connectivity index (χ2v) is 6.00. The number of hydrogen-bond donors (Lipinski definition) is 1. The molecule has 1 fully saturated rings. The molecule has 0 radical (unpaired) electrons. The zero-order valence-electron chi connectivity index (χ0n) is 13.0. The SMILES string of the molecule is CCCNc1ccc([N+](=O)[O-])c(N(CC(C)C)C2CC2)n1. The van der Waals surface area contributed by atoms with Crippen LogP contribution in [0.1, 0.15) is 40.0 Å². The van der Waals surface area contributed by atoms with Gasteiger partial charge in [-0.05, 0) is 31.2 Å². The molecule has 0 saturated heterocycles. The third kappa shape index (κ3) is 4.06. The van der Waals surface area contributed by atoms with Crippen LogP contribution >= 0.6 is 0 Å². The maximum Gasteiger partial charge on any atom is 0.311 e. The highest BCUT2D eigenvalue weighted by molar-refractivity contribution is 5.63. The van der Waals surface area contributed by atoms with Crippen LogP contribution in [0.3, 0.4) is 0 Å². The minimum Gasteiger partial charge on any atom is -0.370 e. The van der Waals surface area contributed by atoms with Crippen LogP contribution in [-0.2, 0) is 0 Å². The average molecular weight is 292 g/mol. The van der Waals surface area contributed by atoms with Crippen LogP contribution in [0.5, 0.6) is 0 Å². The van der Waals surface area contributed by atoms with E-state index in [9.17, 15) is 10.1 Å². The molecular weight excluding hydrogens is 268 g/mol. The topological polar surface area (TPSA) is 71.3 Å². The summed E-state index contributed by atoms with van der Waals surface area (Å²) < 4.78 is 0. The molecule has 1 heterocycles. The average Bonchev–Trinajstić information content (AvgIpc) is 3.26. The van der Waals surface area contributed by atoms with Gasteiger partial charge in [-0.1, -0.05) is 20.8 Å². The third-order valence-electron chi connectivity index (χ3n) is 3.43. The first-order chi connectivity index (χ1) is 10.0. The number of pyridine rings is 1. The molecule has 2 rings (SSSR count). The highest BCUT2D eigenvalue weighted by Crippen LogP contribution is 2.36.